The largest absolute Gasteiger partial charge is 0.340 e. The SMILES string of the molecule is CC(=O)c1cccc(Nc2ncnc3ccc(NC(=O)c4cccs4)cc23)c1. The molecule has 7 heteroatoms. The predicted octanol–water partition coefficient (Wildman–Crippen LogP) is 4.89. The Hall–Kier alpha value is -3.58. The van der Waals surface area contributed by atoms with E-state index in [4.69, 9.17) is 0 Å². The van der Waals surface area contributed by atoms with Crippen molar-refractivity contribution in [2.45, 2.75) is 6.92 Å². The molecule has 1 amide bonds. The molecule has 2 N–H and O–H groups in total. The van der Waals surface area contributed by atoms with Gasteiger partial charge in [0.15, 0.2) is 5.78 Å². The van der Waals surface area contributed by atoms with E-state index in [9.17, 15) is 9.59 Å². The third-order valence-electron chi connectivity index (χ3n) is 4.17. The van der Waals surface area contributed by atoms with E-state index in [1.807, 2.05) is 35.7 Å². The zero-order valence-corrected chi connectivity index (χ0v) is 15.8. The Morgan fingerprint density at radius 2 is 1.86 bits per heavy atom. The van der Waals surface area contributed by atoms with E-state index in [0.29, 0.717) is 21.9 Å². The minimum atomic E-state index is -0.158. The maximum atomic E-state index is 12.3. The van der Waals surface area contributed by atoms with Crippen molar-refractivity contribution < 1.29 is 9.59 Å². The molecule has 28 heavy (non-hydrogen) atoms. The Morgan fingerprint density at radius 3 is 2.64 bits per heavy atom. The summed E-state index contributed by atoms with van der Waals surface area (Å²) in [6.07, 6.45) is 1.48. The number of carbonyl (C=O) groups excluding carboxylic acids is 2. The molecule has 2 heterocycles. The Bertz CT molecular complexity index is 1170. The molecule has 2 aromatic carbocycles. The summed E-state index contributed by atoms with van der Waals surface area (Å²) in [6, 6.07) is 16.3. The first-order valence-electron chi connectivity index (χ1n) is 8.58. The molecule has 0 spiro atoms. The molecular weight excluding hydrogens is 372 g/mol. The number of benzene rings is 2. The van der Waals surface area contributed by atoms with Crippen LogP contribution in [0.3, 0.4) is 0 Å². The molecule has 0 saturated carbocycles. The summed E-state index contributed by atoms with van der Waals surface area (Å²) in [4.78, 5) is 33.2. The average molecular weight is 388 g/mol. The lowest BCUT2D eigenvalue weighted by Gasteiger charge is -2.11. The van der Waals surface area contributed by atoms with Crippen LogP contribution >= 0.6 is 11.3 Å². The first-order chi connectivity index (χ1) is 13.6. The van der Waals surface area contributed by atoms with Crippen LogP contribution in [0.25, 0.3) is 10.9 Å². The maximum absolute atomic E-state index is 12.3. The number of thiophene rings is 1. The molecule has 0 fully saturated rings. The smallest absolute Gasteiger partial charge is 0.265 e. The quantitative estimate of drug-likeness (QED) is 0.476. The standard InChI is InChI=1S/C21H16N4O2S/c1-13(26)14-4-2-5-15(10-14)24-20-17-11-16(7-8-18(17)22-12-23-20)25-21(27)19-6-3-9-28-19/h2-12H,1H3,(H,25,27)(H,22,23,24). The van der Waals surface area contributed by atoms with Gasteiger partial charge in [0.1, 0.15) is 12.1 Å². The molecule has 6 nitrogen and oxygen atoms in total. The fourth-order valence-corrected chi connectivity index (χ4v) is 3.41. The van der Waals surface area contributed by atoms with E-state index in [2.05, 4.69) is 20.6 Å². The molecule has 0 bridgehead atoms. The number of nitrogens with one attached hydrogen (secondary N) is 2. The highest BCUT2D eigenvalue weighted by Crippen LogP contribution is 2.26. The number of Topliss-reactive ketones (excluding diaryl/α,β-unsaturated/α-hetero) is 1. The third kappa shape index (κ3) is 3.74. The molecule has 0 radical (unpaired) electrons. The average Bonchev–Trinajstić information content (AvgIpc) is 3.24. The van der Waals surface area contributed by atoms with Gasteiger partial charge in [0.2, 0.25) is 0 Å². The van der Waals surface area contributed by atoms with Gasteiger partial charge in [-0.15, -0.1) is 11.3 Å². The number of hydrogen-bond donors (Lipinski definition) is 2. The van der Waals surface area contributed by atoms with E-state index in [1.54, 1.807) is 24.3 Å². The normalized spacial score (nSPS) is 10.6. The number of carbonyl (C=O) groups is 2. The molecule has 0 aliphatic heterocycles. The molecule has 0 saturated heterocycles. The lowest BCUT2D eigenvalue weighted by molar-refractivity contribution is 0.101. The molecule has 0 unspecified atom stereocenters. The minimum absolute atomic E-state index is 0.00484. The van der Waals surface area contributed by atoms with Crippen molar-refractivity contribution in [3.63, 3.8) is 0 Å². The first kappa shape index (κ1) is 17.8. The van der Waals surface area contributed by atoms with Gasteiger partial charge in [-0.2, -0.15) is 0 Å². The van der Waals surface area contributed by atoms with Gasteiger partial charge in [-0.3, -0.25) is 9.59 Å². The molecule has 4 aromatic rings. The zero-order valence-electron chi connectivity index (χ0n) is 15.0. The molecule has 0 atom stereocenters. The van der Waals surface area contributed by atoms with Crippen molar-refractivity contribution in [1.29, 1.82) is 0 Å². The van der Waals surface area contributed by atoms with Crippen LogP contribution < -0.4 is 10.6 Å². The summed E-state index contributed by atoms with van der Waals surface area (Å²) in [7, 11) is 0. The van der Waals surface area contributed by atoms with Gasteiger partial charge in [0.25, 0.3) is 5.91 Å². The highest BCUT2D eigenvalue weighted by atomic mass is 32.1. The van der Waals surface area contributed by atoms with Crippen molar-refractivity contribution in [3.05, 3.63) is 76.7 Å². The van der Waals surface area contributed by atoms with Crippen molar-refractivity contribution >= 4 is 51.1 Å². The third-order valence-corrected chi connectivity index (χ3v) is 5.04. The van der Waals surface area contributed by atoms with Crippen LogP contribution in [-0.4, -0.2) is 21.7 Å². The number of nitrogens with zero attached hydrogens (tertiary/aromatic N) is 2. The topological polar surface area (TPSA) is 84.0 Å². The van der Waals surface area contributed by atoms with Gasteiger partial charge in [-0.1, -0.05) is 18.2 Å². The van der Waals surface area contributed by atoms with E-state index in [1.165, 1.54) is 24.6 Å². The Morgan fingerprint density at radius 1 is 0.964 bits per heavy atom. The summed E-state index contributed by atoms with van der Waals surface area (Å²) in [5.74, 6) is 0.433. The summed E-state index contributed by atoms with van der Waals surface area (Å²) < 4.78 is 0. The van der Waals surface area contributed by atoms with E-state index < -0.39 is 0 Å². The molecule has 0 aliphatic carbocycles. The van der Waals surface area contributed by atoms with Gasteiger partial charge >= 0.3 is 0 Å². The summed E-state index contributed by atoms with van der Waals surface area (Å²) in [5, 5.41) is 8.76. The Kier molecular flexibility index (Phi) is 4.82. The lowest BCUT2D eigenvalue weighted by Crippen LogP contribution is -2.10. The zero-order chi connectivity index (χ0) is 19.5. The number of aromatic nitrogens is 2. The van der Waals surface area contributed by atoms with Gasteiger partial charge in [0.05, 0.1) is 10.4 Å². The second-order valence-corrected chi connectivity index (χ2v) is 7.10. The maximum Gasteiger partial charge on any atom is 0.265 e. The van der Waals surface area contributed by atoms with Crippen molar-refractivity contribution in [1.82, 2.24) is 9.97 Å². The number of ketones is 1. The fraction of sp³-hybridized carbons (Fsp3) is 0.0476. The van der Waals surface area contributed by atoms with E-state index in [-0.39, 0.29) is 11.7 Å². The molecule has 4 rings (SSSR count). The van der Waals surface area contributed by atoms with E-state index >= 15 is 0 Å². The van der Waals surface area contributed by atoms with Crippen molar-refractivity contribution in [2.75, 3.05) is 10.6 Å². The minimum Gasteiger partial charge on any atom is -0.340 e. The summed E-state index contributed by atoms with van der Waals surface area (Å²) >= 11 is 1.39. The second kappa shape index (κ2) is 7.58. The van der Waals surface area contributed by atoms with Gasteiger partial charge in [-0.25, -0.2) is 9.97 Å². The fourth-order valence-electron chi connectivity index (χ4n) is 2.79. The second-order valence-electron chi connectivity index (χ2n) is 6.15. The first-order valence-corrected chi connectivity index (χ1v) is 9.46. The molecular formula is C21H16N4O2S. The molecule has 0 aliphatic rings. The van der Waals surface area contributed by atoms with Crippen LogP contribution in [0.2, 0.25) is 0 Å². The number of hydrogen-bond acceptors (Lipinski definition) is 6. The van der Waals surface area contributed by atoms with Crippen LogP contribution in [0.1, 0.15) is 27.0 Å². The van der Waals surface area contributed by atoms with Crippen LogP contribution in [0.4, 0.5) is 17.2 Å². The highest BCUT2D eigenvalue weighted by molar-refractivity contribution is 7.12. The molecule has 2 aromatic heterocycles. The van der Waals surface area contributed by atoms with Crippen LogP contribution in [0, 0.1) is 0 Å². The van der Waals surface area contributed by atoms with Crippen LogP contribution in [0.15, 0.2) is 66.3 Å². The highest BCUT2D eigenvalue weighted by Gasteiger charge is 2.10. The number of anilines is 3. The lowest BCUT2D eigenvalue weighted by atomic mass is 10.1. The van der Waals surface area contributed by atoms with Crippen LogP contribution in [-0.2, 0) is 0 Å². The Labute approximate surface area is 165 Å². The van der Waals surface area contributed by atoms with Gasteiger partial charge in [0, 0.05) is 22.3 Å². The van der Waals surface area contributed by atoms with Crippen LogP contribution in [0.5, 0.6) is 0 Å². The Balaban J connectivity index is 1.66. The van der Waals surface area contributed by atoms with Gasteiger partial charge < -0.3 is 10.6 Å². The van der Waals surface area contributed by atoms with Crippen molar-refractivity contribution in [2.24, 2.45) is 0 Å². The number of fused-ring (bicyclic) bond motifs is 1. The summed E-state index contributed by atoms with van der Waals surface area (Å²) in [6.45, 7) is 1.53. The predicted molar refractivity (Wildman–Crippen MR) is 112 cm³/mol. The van der Waals surface area contributed by atoms with Crippen molar-refractivity contribution in [3.8, 4) is 0 Å². The number of rotatable bonds is 5. The van der Waals surface area contributed by atoms with E-state index in [0.717, 1.165) is 16.6 Å². The monoisotopic (exact) mass is 388 g/mol. The van der Waals surface area contributed by atoms with Gasteiger partial charge in [-0.05, 0) is 48.7 Å². The number of amides is 1. The molecule has 138 valence electrons. The summed E-state index contributed by atoms with van der Waals surface area (Å²) in [5.41, 5.74) is 2.77.